The molecule has 0 aliphatic rings. The molecule has 0 fully saturated rings. The van der Waals surface area contributed by atoms with Gasteiger partial charge in [-0.2, -0.15) is 13.2 Å². The molecule has 9 heteroatoms. The van der Waals surface area contributed by atoms with Crippen molar-refractivity contribution in [3.8, 4) is 0 Å². The van der Waals surface area contributed by atoms with Gasteiger partial charge in [0.25, 0.3) is 10.0 Å². The van der Waals surface area contributed by atoms with Crippen LogP contribution >= 0.6 is 0 Å². The van der Waals surface area contributed by atoms with Crippen LogP contribution in [0.25, 0.3) is 0 Å². The largest absolute Gasteiger partial charge is 0.416 e. The van der Waals surface area contributed by atoms with E-state index in [9.17, 15) is 26.4 Å². The second-order valence-corrected chi connectivity index (χ2v) is 8.29. The van der Waals surface area contributed by atoms with E-state index in [0.717, 1.165) is 37.5 Å². The Morgan fingerprint density at radius 3 is 2.34 bits per heavy atom. The Bertz CT molecular complexity index is 916. The van der Waals surface area contributed by atoms with Crippen LogP contribution in [0, 0.1) is 0 Å². The molecule has 29 heavy (non-hydrogen) atoms. The fourth-order valence-electron chi connectivity index (χ4n) is 2.66. The molecule has 0 unspecified atom stereocenters. The number of carbonyl (C=O) groups excluding carboxylic acids is 1. The first kappa shape index (κ1) is 22.7. The highest BCUT2D eigenvalue weighted by Gasteiger charge is 2.33. The minimum absolute atomic E-state index is 0.115. The van der Waals surface area contributed by atoms with E-state index in [1.54, 1.807) is 6.07 Å². The molecule has 2 aromatic rings. The van der Waals surface area contributed by atoms with Crippen LogP contribution in [0.2, 0.25) is 0 Å². The quantitative estimate of drug-likeness (QED) is 0.609. The van der Waals surface area contributed by atoms with Gasteiger partial charge in [-0.05, 0) is 36.8 Å². The van der Waals surface area contributed by atoms with Crippen molar-refractivity contribution in [2.24, 2.45) is 0 Å². The van der Waals surface area contributed by atoms with Crippen molar-refractivity contribution in [2.45, 2.75) is 37.3 Å². The molecule has 0 radical (unpaired) electrons. The zero-order chi connectivity index (χ0) is 21.5. The standard InChI is InChI=1S/C20H23F3N2O3S/c1-2-3-7-13-24-19(26)15-25(29(27,28)18-11-5-4-6-12-18)17-10-8-9-16(14-17)20(21,22)23/h4-6,8-12,14H,2-3,7,13,15H2,1H3,(H,24,26). The van der Waals surface area contributed by atoms with E-state index >= 15 is 0 Å². The number of amides is 1. The Balaban J connectivity index is 2.38. The molecule has 0 heterocycles. The maximum atomic E-state index is 13.1. The molecule has 2 aromatic carbocycles. The lowest BCUT2D eigenvalue weighted by Crippen LogP contribution is -2.41. The highest BCUT2D eigenvalue weighted by atomic mass is 32.2. The summed E-state index contributed by atoms with van der Waals surface area (Å²) in [7, 11) is -4.24. The molecule has 0 aliphatic heterocycles. The van der Waals surface area contributed by atoms with Crippen LogP contribution in [-0.4, -0.2) is 27.4 Å². The second kappa shape index (κ2) is 9.78. The number of rotatable bonds is 9. The van der Waals surface area contributed by atoms with Gasteiger partial charge in [0.05, 0.1) is 16.1 Å². The first-order valence-corrected chi connectivity index (χ1v) is 10.6. The topological polar surface area (TPSA) is 66.5 Å². The summed E-state index contributed by atoms with van der Waals surface area (Å²) in [6.07, 6.45) is -2.05. The maximum Gasteiger partial charge on any atom is 0.416 e. The van der Waals surface area contributed by atoms with E-state index in [1.165, 1.54) is 30.3 Å². The normalized spacial score (nSPS) is 11.9. The van der Waals surface area contributed by atoms with E-state index in [2.05, 4.69) is 5.32 Å². The number of carbonyl (C=O) groups is 1. The number of nitrogens with one attached hydrogen (secondary N) is 1. The number of hydrogen-bond donors (Lipinski definition) is 1. The first-order chi connectivity index (χ1) is 13.7. The Kier molecular flexibility index (Phi) is 7.66. The minimum atomic E-state index is -4.64. The molecular weight excluding hydrogens is 405 g/mol. The molecule has 0 saturated carbocycles. The van der Waals surface area contributed by atoms with Gasteiger partial charge < -0.3 is 5.32 Å². The van der Waals surface area contributed by atoms with E-state index in [-0.39, 0.29) is 10.6 Å². The lowest BCUT2D eigenvalue weighted by atomic mass is 10.2. The third-order valence-electron chi connectivity index (χ3n) is 4.18. The van der Waals surface area contributed by atoms with Crippen molar-refractivity contribution in [2.75, 3.05) is 17.4 Å². The van der Waals surface area contributed by atoms with Crippen molar-refractivity contribution in [1.29, 1.82) is 0 Å². The molecule has 1 amide bonds. The number of benzene rings is 2. The smallest absolute Gasteiger partial charge is 0.355 e. The van der Waals surface area contributed by atoms with Crippen molar-refractivity contribution in [1.82, 2.24) is 5.32 Å². The summed E-state index contributed by atoms with van der Waals surface area (Å²) in [4.78, 5) is 12.2. The van der Waals surface area contributed by atoms with Gasteiger partial charge in [-0.15, -0.1) is 0 Å². The molecule has 0 atom stereocenters. The number of anilines is 1. The Hall–Kier alpha value is -2.55. The first-order valence-electron chi connectivity index (χ1n) is 9.18. The third-order valence-corrected chi connectivity index (χ3v) is 5.97. The second-order valence-electron chi connectivity index (χ2n) is 6.43. The SMILES string of the molecule is CCCCCNC(=O)CN(c1cccc(C(F)(F)F)c1)S(=O)(=O)c1ccccc1. The van der Waals surface area contributed by atoms with Crippen LogP contribution in [0.5, 0.6) is 0 Å². The van der Waals surface area contributed by atoms with Crippen LogP contribution in [0.4, 0.5) is 18.9 Å². The van der Waals surface area contributed by atoms with Crippen LogP contribution in [-0.2, 0) is 21.0 Å². The van der Waals surface area contributed by atoms with Crippen LogP contribution in [0.15, 0.2) is 59.5 Å². The van der Waals surface area contributed by atoms with Crippen LogP contribution in [0.1, 0.15) is 31.7 Å². The van der Waals surface area contributed by atoms with E-state index in [4.69, 9.17) is 0 Å². The molecule has 0 aromatic heterocycles. The number of unbranched alkanes of at least 4 members (excludes halogenated alkanes) is 2. The highest BCUT2D eigenvalue weighted by molar-refractivity contribution is 7.92. The minimum Gasteiger partial charge on any atom is -0.355 e. The van der Waals surface area contributed by atoms with Crippen molar-refractivity contribution in [3.63, 3.8) is 0 Å². The summed E-state index contributed by atoms with van der Waals surface area (Å²) in [6, 6.07) is 11.2. The maximum absolute atomic E-state index is 13.1. The zero-order valence-electron chi connectivity index (χ0n) is 15.9. The zero-order valence-corrected chi connectivity index (χ0v) is 16.8. The average Bonchev–Trinajstić information content (AvgIpc) is 2.69. The molecule has 2 rings (SSSR count). The monoisotopic (exact) mass is 428 g/mol. The van der Waals surface area contributed by atoms with Crippen molar-refractivity contribution >= 4 is 21.6 Å². The fraction of sp³-hybridized carbons (Fsp3) is 0.350. The van der Waals surface area contributed by atoms with Gasteiger partial charge in [0, 0.05) is 6.54 Å². The van der Waals surface area contributed by atoms with Gasteiger partial charge >= 0.3 is 6.18 Å². The van der Waals surface area contributed by atoms with Gasteiger partial charge in [-0.1, -0.05) is 44.0 Å². The van der Waals surface area contributed by atoms with Gasteiger partial charge in [0.15, 0.2) is 0 Å². The number of sulfonamides is 1. The van der Waals surface area contributed by atoms with Crippen molar-refractivity contribution < 1.29 is 26.4 Å². The van der Waals surface area contributed by atoms with Gasteiger partial charge in [-0.25, -0.2) is 8.42 Å². The van der Waals surface area contributed by atoms with Gasteiger partial charge in [0.2, 0.25) is 5.91 Å². The Morgan fingerprint density at radius 1 is 1.03 bits per heavy atom. The van der Waals surface area contributed by atoms with Crippen LogP contribution < -0.4 is 9.62 Å². The summed E-state index contributed by atoms with van der Waals surface area (Å²) in [5, 5.41) is 2.62. The Morgan fingerprint density at radius 2 is 1.72 bits per heavy atom. The average molecular weight is 428 g/mol. The summed E-state index contributed by atoms with van der Waals surface area (Å²) in [5.74, 6) is -0.585. The number of alkyl halides is 3. The highest BCUT2D eigenvalue weighted by Crippen LogP contribution is 2.33. The van der Waals surface area contributed by atoms with Gasteiger partial charge in [0.1, 0.15) is 6.54 Å². The lowest BCUT2D eigenvalue weighted by molar-refractivity contribution is -0.137. The summed E-state index contributed by atoms with van der Waals surface area (Å²) in [5.41, 5.74) is -1.22. The summed E-state index contributed by atoms with van der Waals surface area (Å²) < 4.78 is 66.2. The molecule has 158 valence electrons. The van der Waals surface area contributed by atoms with Crippen LogP contribution in [0.3, 0.4) is 0 Å². The molecule has 1 N–H and O–H groups in total. The van der Waals surface area contributed by atoms with E-state index < -0.39 is 34.2 Å². The summed E-state index contributed by atoms with van der Waals surface area (Å²) >= 11 is 0. The molecule has 0 aliphatic carbocycles. The number of halogens is 3. The van der Waals surface area contributed by atoms with E-state index in [1.807, 2.05) is 6.92 Å². The molecule has 0 spiro atoms. The molecular formula is C20H23F3N2O3S. The predicted octanol–water partition coefficient (Wildman–Crippen LogP) is 4.21. The van der Waals surface area contributed by atoms with E-state index in [0.29, 0.717) is 10.8 Å². The number of nitrogens with zero attached hydrogens (tertiary/aromatic N) is 1. The number of hydrogen-bond acceptors (Lipinski definition) is 3. The Labute approximate surface area is 168 Å². The molecule has 0 bridgehead atoms. The molecule has 5 nitrogen and oxygen atoms in total. The molecule has 0 saturated heterocycles. The lowest BCUT2D eigenvalue weighted by Gasteiger charge is -2.25. The fourth-order valence-corrected chi connectivity index (χ4v) is 4.10. The van der Waals surface area contributed by atoms with Gasteiger partial charge in [-0.3, -0.25) is 9.10 Å². The predicted molar refractivity (Wildman–Crippen MR) is 105 cm³/mol. The van der Waals surface area contributed by atoms with Crippen molar-refractivity contribution in [3.05, 3.63) is 60.2 Å². The summed E-state index contributed by atoms with van der Waals surface area (Å²) in [6.45, 7) is 1.75. The third kappa shape index (κ3) is 6.22.